The number of carbonyl (C=O) groups excluding carboxylic acids is 1. The molecule has 0 aromatic heterocycles. The van der Waals surface area contributed by atoms with Crippen LogP contribution < -0.4 is 10.6 Å². The van der Waals surface area contributed by atoms with Crippen molar-refractivity contribution in [2.24, 2.45) is 11.8 Å². The molecule has 3 heteroatoms. The lowest BCUT2D eigenvalue weighted by Crippen LogP contribution is -2.40. The molecule has 2 aliphatic rings. The van der Waals surface area contributed by atoms with Gasteiger partial charge in [0.15, 0.2) is 0 Å². The van der Waals surface area contributed by atoms with Crippen molar-refractivity contribution in [3.63, 3.8) is 0 Å². The fourth-order valence-corrected chi connectivity index (χ4v) is 3.21. The van der Waals surface area contributed by atoms with Gasteiger partial charge in [-0.3, -0.25) is 4.79 Å². The van der Waals surface area contributed by atoms with Gasteiger partial charge in [0, 0.05) is 12.5 Å². The van der Waals surface area contributed by atoms with Crippen molar-refractivity contribution in [2.45, 2.75) is 57.9 Å². The Morgan fingerprint density at radius 2 is 2.18 bits per heavy atom. The zero-order valence-corrected chi connectivity index (χ0v) is 11.0. The van der Waals surface area contributed by atoms with Crippen LogP contribution in [0.1, 0.15) is 51.9 Å². The molecule has 1 aliphatic heterocycles. The van der Waals surface area contributed by atoms with E-state index in [2.05, 4.69) is 17.6 Å². The van der Waals surface area contributed by atoms with Crippen LogP contribution in [0, 0.1) is 11.8 Å². The van der Waals surface area contributed by atoms with E-state index in [1.54, 1.807) is 0 Å². The molecule has 0 aromatic carbocycles. The second kappa shape index (κ2) is 6.39. The molecule has 1 amide bonds. The van der Waals surface area contributed by atoms with Gasteiger partial charge >= 0.3 is 0 Å². The molecule has 98 valence electrons. The molecule has 1 saturated carbocycles. The summed E-state index contributed by atoms with van der Waals surface area (Å²) in [4.78, 5) is 11.9. The highest BCUT2D eigenvalue weighted by Crippen LogP contribution is 2.23. The van der Waals surface area contributed by atoms with Crippen LogP contribution in [0.25, 0.3) is 0 Å². The molecule has 3 atom stereocenters. The smallest absolute Gasteiger partial charge is 0.220 e. The standard InChI is InChI=1S/C14H26N2O/c1-11-4-2-6-13(8-11)16-14(17)9-12-5-3-7-15-10-12/h11-13,15H,2-10H2,1H3,(H,16,17). The lowest BCUT2D eigenvalue weighted by molar-refractivity contribution is -0.123. The average molecular weight is 238 g/mol. The van der Waals surface area contributed by atoms with Crippen LogP contribution in [0.4, 0.5) is 0 Å². The van der Waals surface area contributed by atoms with Crippen LogP contribution in [0.15, 0.2) is 0 Å². The number of hydrogen-bond donors (Lipinski definition) is 2. The fourth-order valence-electron chi connectivity index (χ4n) is 3.21. The van der Waals surface area contributed by atoms with E-state index in [4.69, 9.17) is 0 Å². The summed E-state index contributed by atoms with van der Waals surface area (Å²) in [5.41, 5.74) is 0. The molecule has 0 radical (unpaired) electrons. The Morgan fingerprint density at radius 1 is 1.29 bits per heavy atom. The van der Waals surface area contributed by atoms with Crippen molar-refractivity contribution in [3.05, 3.63) is 0 Å². The summed E-state index contributed by atoms with van der Waals surface area (Å²) in [5.74, 6) is 1.62. The third kappa shape index (κ3) is 4.30. The number of rotatable bonds is 3. The molecule has 1 aliphatic carbocycles. The van der Waals surface area contributed by atoms with Crippen molar-refractivity contribution < 1.29 is 4.79 Å². The summed E-state index contributed by atoms with van der Waals surface area (Å²) >= 11 is 0. The Kier molecular flexibility index (Phi) is 4.84. The zero-order valence-electron chi connectivity index (χ0n) is 11.0. The minimum Gasteiger partial charge on any atom is -0.353 e. The molecule has 1 heterocycles. The second-order valence-electron chi connectivity index (χ2n) is 5.95. The summed E-state index contributed by atoms with van der Waals surface area (Å²) in [6.45, 7) is 4.44. The first-order valence-electron chi connectivity index (χ1n) is 7.24. The van der Waals surface area contributed by atoms with Gasteiger partial charge in [-0.1, -0.05) is 19.8 Å². The highest BCUT2D eigenvalue weighted by atomic mass is 16.1. The van der Waals surface area contributed by atoms with E-state index in [1.165, 1.54) is 38.5 Å². The van der Waals surface area contributed by atoms with E-state index < -0.39 is 0 Å². The highest BCUT2D eigenvalue weighted by Gasteiger charge is 2.22. The highest BCUT2D eigenvalue weighted by molar-refractivity contribution is 5.76. The number of carbonyl (C=O) groups is 1. The van der Waals surface area contributed by atoms with E-state index in [0.29, 0.717) is 12.0 Å². The predicted octanol–water partition coefficient (Wildman–Crippen LogP) is 2.07. The van der Waals surface area contributed by atoms with Crippen molar-refractivity contribution in [3.8, 4) is 0 Å². The van der Waals surface area contributed by atoms with Crippen LogP contribution in [-0.2, 0) is 4.79 Å². The van der Waals surface area contributed by atoms with E-state index in [-0.39, 0.29) is 5.91 Å². The van der Waals surface area contributed by atoms with Gasteiger partial charge in [0.05, 0.1) is 0 Å². The Balaban J connectivity index is 1.68. The van der Waals surface area contributed by atoms with E-state index in [1.807, 2.05) is 0 Å². The van der Waals surface area contributed by atoms with Gasteiger partial charge in [-0.2, -0.15) is 0 Å². The number of amides is 1. The quantitative estimate of drug-likeness (QED) is 0.790. The van der Waals surface area contributed by atoms with Gasteiger partial charge in [-0.25, -0.2) is 0 Å². The number of hydrogen-bond acceptors (Lipinski definition) is 2. The summed E-state index contributed by atoms with van der Waals surface area (Å²) in [7, 11) is 0. The minimum atomic E-state index is 0.276. The first kappa shape index (κ1) is 12.9. The molecular formula is C14H26N2O. The molecule has 0 spiro atoms. The molecule has 2 rings (SSSR count). The van der Waals surface area contributed by atoms with Gasteiger partial charge in [0.25, 0.3) is 0 Å². The average Bonchev–Trinajstić information content (AvgIpc) is 2.30. The maximum atomic E-state index is 11.9. The molecule has 2 fully saturated rings. The maximum absolute atomic E-state index is 11.9. The van der Waals surface area contributed by atoms with Crippen molar-refractivity contribution >= 4 is 5.91 Å². The van der Waals surface area contributed by atoms with Crippen LogP contribution in [0.5, 0.6) is 0 Å². The van der Waals surface area contributed by atoms with Crippen molar-refractivity contribution in [1.29, 1.82) is 0 Å². The molecule has 3 unspecified atom stereocenters. The molecule has 17 heavy (non-hydrogen) atoms. The minimum absolute atomic E-state index is 0.276. The van der Waals surface area contributed by atoms with Gasteiger partial charge in [0.1, 0.15) is 0 Å². The Bertz CT molecular complexity index is 249. The van der Waals surface area contributed by atoms with Gasteiger partial charge in [0.2, 0.25) is 5.91 Å². The summed E-state index contributed by atoms with van der Waals surface area (Å²) in [5, 5.41) is 6.60. The van der Waals surface area contributed by atoms with Crippen LogP contribution in [0.2, 0.25) is 0 Å². The van der Waals surface area contributed by atoms with E-state index >= 15 is 0 Å². The fraction of sp³-hybridized carbons (Fsp3) is 0.929. The molecular weight excluding hydrogens is 212 g/mol. The van der Waals surface area contributed by atoms with E-state index in [0.717, 1.165) is 25.4 Å². The molecule has 0 aromatic rings. The summed E-state index contributed by atoms with van der Waals surface area (Å²) in [6.07, 6.45) is 8.11. The normalized spacial score (nSPS) is 34.3. The monoisotopic (exact) mass is 238 g/mol. The largest absolute Gasteiger partial charge is 0.353 e. The first-order valence-corrected chi connectivity index (χ1v) is 7.24. The molecule has 3 nitrogen and oxygen atoms in total. The maximum Gasteiger partial charge on any atom is 0.220 e. The second-order valence-corrected chi connectivity index (χ2v) is 5.95. The molecule has 0 bridgehead atoms. The lowest BCUT2D eigenvalue weighted by Gasteiger charge is -2.28. The Labute approximate surface area is 105 Å². The van der Waals surface area contributed by atoms with Crippen molar-refractivity contribution in [2.75, 3.05) is 13.1 Å². The third-order valence-corrected chi connectivity index (χ3v) is 4.17. The SMILES string of the molecule is CC1CCCC(NC(=O)CC2CCCNC2)C1. The molecule has 2 N–H and O–H groups in total. The predicted molar refractivity (Wildman–Crippen MR) is 69.8 cm³/mol. The summed E-state index contributed by atoms with van der Waals surface area (Å²) in [6, 6.07) is 0.447. The lowest BCUT2D eigenvalue weighted by atomic mass is 9.87. The topological polar surface area (TPSA) is 41.1 Å². The van der Waals surface area contributed by atoms with Gasteiger partial charge in [-0.05, 0) is 50.6 Å². The van der Waals surface area contributed by atoms with Crippen LogP contribution >= 0.6 is 0 Å². The Morgan fingerprint density at radius 3 is 2.88 bits per heavy atom. The van der Waals surface area contributed by atoms with Crippen molar-refractivity contribution in [1.82, 2.24) is 10.6 Å². The molecule has 1 saturated heterocycles. The van der Waals surface area contributed by atoms with Gasteiger partial charge in [-0.15, -0.1) is 0 Å². The third-order valence-electron chi connectivity index (χ3n) is 4.17. The van der Waals surface area contributed by atoms with E-state index in [9.17, 15) is 4.79 Å². The number of piperidine rings is 1. The zero-order chi connectivity index (χ0) is 12.1. The number of nitrogens with one attached hydrogen (secondary N) is 2. The van der Waals surface area contributed by atoms with Gasteiger partial charge < -0.3 is 10.6 Å². The van der Waals surface area contributed by atoms with Crippen LogP contribution in [-0.4, -0.2) is 25.0 Å². The first-order chi connectivity index (χ1) is 8.24. The Hall–Kier alpha value is -0.570. The van der Waals surface area contributed by atoms with Crippen LogP contribution in [0.3, 0.4) is 0 Å². The summed E-state index contributed by atoms with van der Waals surface area (Å²) < 4.78 is 0.